The number of carbonyl (C=O) groups excluding carboxylic acids is 1. The van der Waals surface area contributed by atoms with Gasteiger partial charge in [-0.1, -0.05) is 11.6 Å². The molecule has 0 atom stereocenters. The summed E-state index contributed by atoms with van der Waals surface area (Å²) in [5.41, 5.74) is 1.63. The topological polar surface area (TPSA) is 58.1 Å². The Morgan fingerprint density at radius 1 is 1.22 bits per heavy atom. The van der Waals surface area contributed by atoms with E-state index >= 15 is 0 Å². The van der Waals surface area contributed by atoms with Gasteiger partial charge < -0.3 is 10.2 Å². The number of hydrogen-bond acceptors (Lipinski definition) is 4. The van der Waals surface area contributed by atoms with E-state index in [4.69, 9.17) is 11.6 Å². The maximum atomic E-state index is 12.5. The molecule has 120 valence electrons. The number of aryl methyl sites for hydroxylation is 1. The highest BCUT2D eigenvalue weighted by atomic mass is 35.5. The van der Waals surface area contributed by atoms with Crippen molar-refractivity contribution in [2.45, 2.75) is 25.8 Å². The van der Waals surface area contributed by atoms with Gasteiger partial charge in [0.2, 0.25) is 0 Å². The van der Waals surface area contributed by atoms with Crippen LogP contribution in [0, 0.1) is 6.92 Å². The van der Waals surface area contributed by atoms with Crippen LogP contribution >= 0.6 is 11.6 Å². The molecule has 0 radical (unpaired) electrons. The molecule has 2 aromatic rings. The molecule has 1 aliphatic heterocycles. The van der Waals surface area contributed by atoms with E-state index in [1.807, 2.05) is 17.9 Å². The maximum absolute atomic E-state index is 12.5. The third-order valence-corrected chi connectivity index (χ3v) is 4.28. The Bertz CT molecular complexity index is 681. The van der Waals surface area contributed by atoms with Crippen molar-refractivity contribution in [2.24, 2.45) is 0 Å². The average molecular weight is 331 g/mol. The van der Waals surface area contributed by atoms with Gasteiger partial charge in [-0.05, 0) is 44.0 Å². The van der Waals surface area contributed by atoms with Gasteiger partial charge in [-0.2, -0.15) is 0 Å². The summed E-state index contributed by atoms with van der Waals surface area (Å²) >= 11 is 5.87. The summed E-state index contributed by atoms with van der Waals surface area (Å²) in [7, 11) is 0. The highest BCUT2D eigenvalue weighted by Gasteiger charge is 2.23. The fraction of sp³-hybridized carbons (Fsp3) is 0.353. The molecule has 1 amide bonds. The summed E-state index contributed by atoms with van der Waals surface area (Å²) in [6.07, 6.45) is 3.38. The van der Waals surface area contributed by atoms with Gasteiger partial charge in [-0.25, -0.2) is 9.97 Å². The molecule has 3 rings (SSSR count). The van der Waals surface area contributed by atoms with Crippen molar-refractivity contribution in [1.29, 1.82) is 0 Å². The molecule has 0 aliphatic carbocycles. The second-order valence-corrected chi connectivity index (χ2v) is 6.20. The standard InChI is InChI=1S/C17H19ClN4O/c1-12-10-16(20-11-19-12)21-15-6-8-22(9-7-15)17(23)13-2-4-14(18)5-3-13/h2-5,10-11,15H,6-9H2,1H3,(H,19,20,21). The van der Waals surface area contributed by atoms with Crippen LogP contribution < -0.4 is 5.32 Å². The first-order chi connectivity index (χ1) is 11.1. The van der Waals surface area contributed by atoms with Gasteiger partial charge in [0.1, 0.15) is 12.1 Å². The fourth-order valence-corrected chi connectivity index (χ4v) is 2.87. The number of carbonyl (C=O) groups is 1. The highest BCUT2D eigenvalue weighted by molar-refractivity contribution is 6.30. The Hall–Kier alpha value is -2.14. The van der Waals surface area contributed by atoms with Crippen molar-refractivity contribution in [3.8, 4) is 0 Å². The molecule has 0 saturated carbocycles. The number of hydrogen-bond donors (Lipinski definition) is 1. The van der Waals surface area contributed by atoms with Gasteiger partial charge >= 0.3 is 0 Å². The summed E-state index contributed by atoms with van der Waals surface area (Å²) in [4.78, 5) is 22.7. The van der Waals surface area contributed by atoms with E-state index < -0.39 is 0 Å². The predicted molar refractivity (Wildman–Crippen MR) is 90.8 cm³/mol. The number of halogens is 1. The minimum atomic E-state index is 0.0676. The summed E-state index contributed by atoms with van der Waals surface area (Å²) in [5.74, 6) is 0.915. The van der Waals surface area contributed by atoms with Gasteiger partial charge in [0, 0.05) is 41.5 Å². The Labute approximate surface area is 140 Å². The summed E-state index contributed by atoms with van der Waals surface area (Å²) < 4.78 is 0. The van der Waals surface area contributed by atoms with Crippen LogP contribution in [0.3, 0.4) is 0 Å². The molecule has 23 heavy (non-hydrogen) atoms. The molecule has 5 nitrogen and oxygen atoms in total. The number of piperidine rings is 1. The molecule has 2 heterocycles. The van der Waals surface area contributed by atoms with Gasteiger partial charge in [-0.15, -0.1) is 0 Å². The molecular weight excluding hydrogens is 312 g/mol. The molecule has 0 bridgehead atoms. The normalized spacial score (nSPS) is 15.5. The van der Waals surface area contributed by atoms with E-state index in [2.05, 4.69) is 15.3 Å². The van der Waals surface area contributed by atoms with Crippen LogP contribution in [-0.2, 0) is 0 Å². The monoisotopic (exact) mass is 330 g/mol. The molecule has 1 aromatic heterocycles. The van der Waals surface area contributed by atoms with E-state index in [0.29, 0.717) is 16.6 Å². The lowest BCUT2D eigenvalue weighted by Crippen LogP contribution is -2.42. The number of nitrogens with one attached hydrogen (secondary N) is 1. The van der Waals surface area contributed by atoms with E-state index in [1.165, 1.54) is 0 Å². The van der Waals surface area contributed by atoms with Crippen LogP contribution in [-0.4, -0.2) is 39.9 Å². The number of aromatic nitrogens is 2. The van der Waals surface area contributed by atoms with Crippen LogP contribution in [0.5, 0.6) is 0 Å². The van der Waals surface area contributed by atoms with Crippen LogP contribution in [0.15, 0.2) is 36.7 Å². The van der Waals surface area contributed by atoms with Crippen molar-refractivity contribution in [1.82, 2.24) is 14.9 Å². The minimum Gasteiger partial charge on any atom is -0.367 e. The summed E-state index contributed by atoms with van der Waals surface area (Å²) in [5, 5.41) is 4.07. The van der Waals surface area contributed by atoms with Gasteiger partial charge in [0.15, 0.2) is 0 Å². The lowest BCUT2D eigenvalue weighted by atomic mass is 10.0. The molecule has 1 N–H and O–H groups in total. The van der Waals surface area contributed by atoms with Crippen molar-refractivity contribution >= 4 is 23.3 Å². The van der Waals surface area contributed by atoms with Gasteiger partial charge in [0.25, 0.3) is 5.91 Å². The lowest BCUT2D eigenvalue weighted by molar-refractivity contribution is 0.0718. The third kappa shape index (κ3) is 3.99. The zero-order chi connectivity index (χ0) is 16.2. The van der Waals surface area contributed by atoms with Gasteiger partial charge in [-0.3, -0.25) is 4.79 Å². The second kappa shape index (κ2) is 6.96. The smallest absolute Gasteiger partial charge is 0.253 e. The fourth-order valence-electron chi connectivity index (χ4n) is 2.74. The molecule has 1 fully saturated rings. The summed E-state index contributed by atoms with van der Waals surface area (Å²) in [6.45, 7) is 3.42. The van der Waals surface area contributed by atoms with Crippen molar-refractivity contribution in [3.63, 3.8) is 0 Å². The summed E-state index contributed by atoms with van der Waals surface area (Å²) in [6, 6.07) is 9.32. The molecular formula is C17H19ClN4O. The van der Waals surface area contributed by atoms with Gasteiger partial charge in [0.05, 0.1) is 0 Å². The first-order valence-corrected chi connectivity index (χ1v) is 8.09. The quantitative estimate of drug-likeness (QED) is 0.939. The number of rotatable bonds is 3. The number of benzene rings is 1. The predicted octanol–water partition coefficient (Wildman–Crippen LogP) is 3.16. The second-order valence-electron chi connectivity index (χ2n) is 5.76. The lowest BCUT2D eigenvalue weighted by Gasteiger charge is -2.32. The zero-order valence-electron chi connectivity index (χ0n) is 13.0. The van der Waals surface area contributed by atoms with Crippen molar-refractivity contribution < 1.29 is 4.79 Å². The molecule has 1 saturated heterocycles. The van der Waals surface area contributed by atoms with E-state index in [0.717, 1.165) is 37.4 Å². The molecule has 0 unspecified atom stereocenters. The minimum absolute atomic E-state index is 0.0676. The molecule has 1 aromatic carbocycles. The van der Waals surface area contributed by atoms with Crippen LogP contribution in [0.4, 0.5) is 5.82 Å². The Morgan fingerprint density at radius 2 is 1.91 bits per heavy atom. The number of amides is 1. The van der Waals surface area contributed by atoms with E-state index in [1.54, 1.807) is 30.6 Å². The maximum Gasteiger partial charge on any atom is 0.253 e. The van der Waals surface area contributed by atoms with E-state index in [9.17, 15) is 4.79 Å². The molecule has 6 heteroatoms. The van der Waals surface area contributed by atoms with Crippen LogP contribution in [0.1, 0.15) is 28.9 Å². The van der Waals surface area contributed by atoms with Crippen LogP contribution in [0.2, 0.25) is 5.02 Å². The molecule has 1 aliphatic rings. The first kappa shape index (κ1) is 15.7. The Kier molecular flexibility index (Phi) is 4.76. The number of anilines is 1. The Morgan fingerprint density at radius 3 is 2.57 bits per heavy atom. The highest BCUT2D eigenvalue weighted by Crippen LogP contribution is 2.18. The largest absolute Gasteiger partial charge is 0.367 e. The molecule has 0 spiro atoms. The van der Waals surface area contributed by atoms with Crippen molar-refractivity contribution in [2.75, 3.05) is 18.4 Å². The number of likely N-dealkylation sites (tertiary alicyclic amines) is 1. The third-order valence-electron chi connectivity index (χ3n) is 4.03. The SMILES string of the molecule is Cc1cc(NC2CCN(C(=O)c3ccc(Cl)cc3)CC2)ncn1. The van der Waals surface area contributed by atoms with Crippen LogP contribution in [0.25, 0.3) is 0 Å². The zero-order valence-corrected chi connectivity index (χ0v) is 13.8. The average Bonchev–Trinajstić information content (AvgIpc) is 2.56. The Balaban J connectivity index is 1.55. The first-order valence-electron chi connectivity index (χ1n) is 7.72. The van der Waals surface area contributed by atoms with E-state index in [-0.39, 0.29) is 5.91 Å². The number of nitrogens with zero attached hydrogens (tertiary/aromatic N) is 3. The van der Waals surface area contributed by atoms with Crippen molar-refractivity contribution in [3.05, 3.63) is 52.9 Å².